The highest BCUT2D eigenvalue weighted by Crippen LogP contribution is 2.38. The summed E-state index contributed by atoms with van der Waals surface area (Å²) in [5, 5.41) is 14.6. The van der Waals surface area contributed by atoms with Crippen molar-refractivity contribution in [1.29, 1.82) is 5.26 Å². The van der Waals surface area contributed by atoms with E-state index in [2.05, 4.69) is 10.6 Å². The van der Waals surface area contributed by atoms with Gasteiger partial charge < -0.3 is 10.6 Å². The zero-order chi connectivity index (χ0) is 17.3. The van der Waals surface area contributed by atoms with Gasteiger partial charge in [-0.3, -0.25) is 9.59 Å². The van der Waals surface area contributed by atoms with Crippen molar-refractivity contribution in [2.75, 3.05) is 10.6 Å². The molecular formula is C19H17N3O2. The molecule has 1 aliphatic heterocycles. The molecule has 0 radical (unpaired) electrons. The van der Waals surface area contributed by atoms with Crippen LogP contribution in [0.25, 0.3) is 0 Å². The Balaban J connectivity index is 1.88. The van der Waals surface area contributed by atoms with Gasteiger partial charge in [-0.2, -0.15) is 5.26 Å². The largest absolute Gasteiger partial charge is 0.326 e. The molecule has 1 aliphatic rings. The normalized spacial score (nSPS) is 15.0. The second-order valence-electron chi connectivity index (χ2n) is 6.52. The van der Waals surface area contributed by atoms with E-state index < -0.39 is 0 Å². The minimum atomic E-state index is -0.293. The number of nitriles is 1. The first kappa shape index (κ1) is 15.8. The summed E-state index contributed by atoms with van der Waals surface area (Å²) in [5.41, 5.74) is 3.01. The molecular weight excluding hydrogens is 302 g/mol. The number of amides is 2. The van der Waals surface area contributed by atoms with Gasteiger partial charge in [0, 0.05) is 28.8 Å². The van der Waals surface area contributed by atoms with Crippen molar-refractivity contribution in [3.8, 4) is 6.07 Å². The molecule has 0 saturated carbocycles. The highest BCUT2D eigenvalue weighted by molar-refractivity contribution is 6.05. The fourth-order valence-corrected chi connectivity index (χ4v) is 2.92. The smallest absolute Gasteiger partial charge is 0.255 e. The molecule has 0 aliphatic carbocycles. The average Bonchev–Trinajstić information content (AvgIpc) is 2.54. The Hall–Kier alpha value is -3.13. The molecule has 24 heavy (non-hydrogen) atoms. The van der Waals surface area contributed by atoms with Crippen LogP contribution in [-0.4, -0.2) is 11.8 Å². The van der Waals surface area contributed by atoms with E-state index in [-0.39, 0.29) is 17.2 Å². The van der Waals surface area contributed by atoms with Gasteiger partial charge in [-0.25, -0.2) is 0 Å². The maximum absolute atomic E-state index is 12.4. The fraction of sp³-hybridized carbons (Fsp3) is 0.211. The second kappa shape index (κ2) is 5.82. The topological polar surface area (TPSA) is 82.0 Å². The van der Waals surface area contributed by atoms with Crippen molar-refractivity contribution in [2.45, 2.75) is 25.7 Å². The van der Waals surface area contributed by atoms with Gasteiger partial charge in [0.25, 0.3) is 5.91 Å². The van der Waals surface area contributed by atoms with Crippen molar-refractivity contribution in [1.82, 2.24) is 0 Å². The van der Waals surface area contributed by atoms with Crippen molar-refractivity contribution >= 4 is 23.2 Å². The summed E-state index contributed by atoms with van der Waals surface area (Å²) >= 11 is 0. The quantitative estimate of drug-likeness (QED) is 0.889. The number of rotatable bonds is 2. The Morgan fingerprint density at radius 1 is 1.25 bits per heavy atom. The predicted molar refractivity (Wildman–Crippen MR) is 91.8 cm³/mol. The number of fused-ring (bicyclic) bond motifs is 1. The lowest BCUT2D eigenvalue weighted by Crippen LogP contribution is -2.32. The molecule has 2 aromatic rings. The molecule has 3 rings (SSSR count). The second-order valence-corrected chi connectivity index (χ2v) is 6.52. The number of hydrogen-bond donors (Lipinski definition) is 2. The number of carbonyl (C=O) groups excluding carboxylic acids is 2. The fourth-order valence-electron chi connectivity index (χ4n) is 2.92. The van der Waals surface area contributed by atoms with Crippen molar-refractivity contribution in [2.24, 2.45) is 0 Å². The van der Waals surface area contributed by atoms with E-state index in [0.29, 0.717) is 23.2 Å². The van der Waals surface area contributed by atoms with Gasteiger partial charge in [0.1, 0.15) is 0 Å². The van der Waals surface area contributed by atoms with E-state index in [4.69, 9.17) is 5.26 Å². The summed E-state index contributed by atoms with van der Waals surface area (Å²) in [6.45, 7) is 4.01. The zero-order valence-corrected chi connectivity index (χ0v) is 13.5. The maximum atomic E-state index is 12.4. The Kier molecular flexibility index (Phi) is 3.82. The first-order valence-corrected chi connectivity index (χ1v) is 7.65. The third kappa shape index (κ3) is 2.99. The Labute approximate surface area is 140 Å². The molecule has 2 N–H and O–H groups in total. The molecule has 0 aromatic heterocycles. The van der Waals surface area contributed by atoms with E-state index in [0.717, 1.165) is 11.3 Å². The summed E-state index contributed by atoms with van der Waals surface area (Å²) in [6, 6.07) is 14.0. The number of hydrogen-bond acceptors (Lipinski definition) is 3. The highest BCUT2D eigenvalue weighted by atomic mass is 16.2. The van der Waals surface area contributed by atoms with Crippen LogP contribution < -0.4 is 10.6 Å². The van der Waals surface area contributed by atoms with E-state index in [1.165, 1.54) is 0 Å². The van der Waals surface area contributed by atoms with Crippen LogP contribution in [0.3, 0.4) is 0 Å². The molecule has 0 saturated heterocycles. The molecule has 0 fully saturated rings. The van der Waals surface area contributed by atoms with Gasteiger partial charge in [0.2, 0.25) is 5.91 Å². The molecule has 0 unspecified atom stereocenters. The first-order chi connectivity index (χ1) is 11.4. The first-order valence-electron chi connectivity index (χ1n) is 7.65. The van der Waals surface area contributed by atoms with E-state index in [9.17, 15) is 9.59 Å². The predicted octanol–water partition coefficient (Wildman–Crippen LogP) is 3.43. The monoisotopic (exact) mass is 319 g/mol. The SMILES string of the molecule is CC1(C)CC(=O)Nc2ccc(NC(=O)c3cccc(C#N)c3)cc21. The molecule has 0 atom stereocenters. The summed E-state index contributed by atoms with van der Waals surface area (Å²) in [4.78, 5) is 24.1. The summed E-state index contributed by atoms with van der Waals surface area (Å²) in [6.07, 6.45) is 0.404. The molecule has 0 bridgehead atoms. The lowest BCUT2D eigenvalue weighted by atomic mass is 9.78. The van der Waals surface area contributed by atoms with Gasteiger partial charge in [-0.1, -0.05) is 19.9 Å². The molecule has 2 amide bonds. The number of carbonyl (C=O) groups is 2. The van der Waals surface area contributed by atoms with Crippen molar-refractivity contribution < 1.29 is 9.59 Å². The third-order valence-electron chi connectivity index (χ3n) is 4.14. The highest BCUT2D eigenvalue weighted by Gasteiger charge is 2.32. The Morgan fingerprint density at radius 3 is 2.79 bits per heavy atom. The Morgan fingerprint density at radius 2 is 2.04 bits per heavy atom. The number of benzene rings is 2. The van der Waals surface area contributed by atoms with E-state index >= 15 is 0 Å². The van der Waals surface area contributed by atoms with Gasteiger partial charge in [0.05, 0.1) is 11.6 Å². The van der Waals surface area contributed by atoms with Crippen LogP contribution in [0.4, 0.5) is 11.4 Å². The van der Waals surface area contributed by atoms with E-state index in [1.54, 1.807) is 36.4 Å². The average molecular weight is 319 g/mol. The minimum Gasteiger partial charge on any atom is -0.326 e. The van der Waals surface area contributed by atoms with Crippen molar-refractivity contribution in [3.63, 3.8) is 0 Å². The summed E-state index contributed by atoms with van der Waals surface area (Å²) in [7, 11) is 0. The molecule has 5 heteroatoms. The van der Waals surface area contributed by atoms with E-state index in [1.807, 2.05) is 26.0 Å². The lowest BCUT2D eigenvalue weighted by Gasteiger charge is -2.32. The van der Waals surface area contributed by atoms with Gasteiger partial charge >= 0.3 is 0 Å². The van der Waals surface area contributed by atoms with Crippen LogP contribution in [0, 0.1) is 11.3 Å². The standard InChI is InChI=1S/C19H17N3O2/c1-19(2)10-17(23)22-16-7-6-14(9-15(16)19)21-18(24)13-5-3-4-12(8-13)11-20/h3-9H,10H2,1-2H3,(H,21,24)(H,22,23). The molecule has 5 nitrogen and oxygen atoms in total. The molecule has 1 heterocycles. The zero-order valence-electron chi connectivity index (χ0n) is 13.5. The van der Waals surface area contributed by atoms with Gasteiger partial charge in [-0.05, 0) is 42.0 Å². The summed E-state index contributed by atoms with van der Waals surface area (Å²) < 4.78 is 0. The van der Waals surface area contributed by atoms with Gasteiger partial charge in [-0.15, -0.1) is 0 Å². The van der Waals surface area contributed by atoms with Crippen LogP contribution in [0.5, 0.6) is 0 Å². The number of nitrogens with zero attached hydrogens (tertiary/aromatic N) is 1. The van der Waals surface area contributed by atoms with Crippen molar-refractivity contribution in [3.05, 3.63) is 59.2 Å². The molecule has 120 valence electrons. The van der Waals surface area contributed by atoms with Crippen LogP contribution in [0.15, 0.2) is 42.5 Å². The molecule has 2 aromatic carbocycles. The van der Waals surface area contributed by atoms with Gasteiger partial charge in [0.15, 0.2) is 0 Å². The number of nitrogens with one attached hydrogen (secondary N) is 2. The summed E-state index contributed by atoms with van der Waals surface area (Å²) in [5.74, 6) is -0.276. The van der Waals surface area contributed by atoms with Crippen LogP contribution >= 0.6 is 0 Å². The van der Waals surface area contributed by atoms with Crippen LogP contribution in [0.2, 0.25) is 0 Å². The van der Waals surface area contributed by atoms with Crippen LogP contribution in [0.1, 0.15) is 41.8 Å². The third-order valence-corrected chi connectivity index (χ3v) is 4.14. The molecule has 0 spiro atoms. The number of anilines is 2. The maximum Gasteiger partial charge on any atom is 0.255 e. The lowest BCUT2D eigenvalue weighted by molar-refractivity contribution is -0.117. The minimum absolute atomic E-state index is 0.00222. The Bertz CT molecular complexity index is 878. The van der Waals surface area contributed by atoms with Crippen LogP contribution in [-0.2, 0) is 10.2 Å².